The maximum atomic E-state index is 14.3. The van der Waals surface area contributed by atoms with Crippen molar-refractivity contribution in [1.82, 2.24) is 14.9 Å². The fraction of sp³-hybridized carbons (Fsp3) is 0.394. The topological polar surface area (TPSA) is 97.0 Å². The Morgan fingerprint density at radius 2 is 1.68 bits per heavy atom. The van der Waals surface area contributed by atoms with Crippen molar-refractivity contribution in [1.29, 1.82) is 0 Å². The van der Waals surface area contributed by atoms with Gasteiger partial charge in [-0.1, -0.05) is 60.7 Å². The van der Waals surface area contributed by atoms with Gasteiger partial charge in [-0.25, -0.2) is 9.59 Å². The zero-order chi connectivity index (χ0) is 31.0. The number of hydrogen-bond donors (Lipinski definition) is 1. The average molecular weight is 617 g/mol. The van der Waals surface area contributed by atoms with Crippen LogP contribution in [0.15, 0.2) is 84.2 Å². The van der Waals surface area contributed by atoms with Gasteiger partial charge < -0.3 is 19.7 Å². The quantitative estimate of drug-likeness (QED) is 0.244. The molecule has 0 spiro atoms. The van der Waals surface area contributed by atoms with Crippen LogP contribution in [0.25, 0.3) is 0 Å². The van der Waals surface area contributed by atoms with Crippen LogP contribution < -0.4 is 14.9 Å². The number of anilines is 1. The lowest BCUT2D eigenvalue weighted by Crippen LogP contribution is -2.71. The van der Waals surface area contributed by atoms with Gasteiger partial charge in [-0.15, -0.1) is 21.1 Å². The highest BCUT2D eigenvalue weighted by Gasteiger charge is 2.55. The number of rotatable bonds is 7. The lowest BCUT2D eigenvalue weighted by molar-refractivity contribution is -0.768. The third-order valence-corrected chi connectivity index (χ3v) is 9.26. The van der Waals surface area contributed by atoms with Crippen LogP contribution >= 0.6 is 11.8 Å². The number of nitrogens with zero attached hydrogens (tertiary/aromatic N) is 4. The van der Waals surface area contributed by atoms with Crippen molar-refractivity contribution < 1.29 is 28.5 Å². The highest BCUT2D eigenvalue weighted by molar-refractivity contribution is 8.00. The molecule has 0 bridgehead atoms. The van der Waals surface area contributed by atoms with Gasteiger partial charge >= 0.3 is 12.1 Å². The number of ether oxygens (including phenoxy) is 2. The van der Waals surface area contributed by atoms with Crippen molar-refractivity contribution in [3.05, 3.63) is 95.3 Å². The summed E-state index contributed by atoms with van der Waals surface area (Å²) in [6, 6.07) is 20.4. The smallest absolute Gasteiger partial charge is 0.408 e. The fourth-order valence-electron chi connectivity index (χ4n) is 5.90. The minimum atomic E-state index is -0.805. The van der Waals surface area contributed by atoms with Crippen molar-refractivity contribution in [3.8, 4) is 0 Å². The van der Waals surface area contributed by atoms with E-state index in [4.69, 9.17) is 9.47 Å². The Balaban J connectivity index is 1.34. The molecule has 2 amide bonds. The first-order valence-corrected chi connectivity index (χ1v) is 15.9. The summed E-state index contributed by atoms with van der Waals surface area (Å²) in [6.45, 7) is 7.58. The molecule has 1 N–H and O–H groups in total. The molecule has 3 aliphatic heterocycles. The highest BCUT2D eigenvalue weighted by atomic mass is 32.2. The number of hydrogen-bond acceptors (Lipinski definition) is 7. The Morgan fingerprint density at radius 3 is 2.32 bits per heavy atom. The maximum Gasteiger partial charge on any atom is 0.408 e. The molecular weight excluding hydrogens is 578 g/mol. The van der Waals surface area contributed by atoms with Crippen LogP contribution in [0, 0.1) is 0 Å². The van der Waals surface area contributed by atoms with E-state index in [0.717, 1.165) is 42.0 Å². The van der Waals surface area contributed by atoms with Gasteiger partial charge in [-0.3, -0.25) is 9.69 Å². The van der Waals surface area contributed by atoms with Crippen LogP contribution in [0.4, 0.5) is 10.6 Å². The molecule has 10 nitrogen and oxygen atoms in total. The van der Waals surface area contributed by atoms with E-state index in [0.29, 0.717) is 12.3 Å². The number of thioether (sulfide) groups is 1. The second-order valence-electron chi connectivity index (χ2n) is 12.3. The molecule has 11 heteroatoms. The number of alkyl carbamates (subject to hydrolysis) is 1. The van der Waals surface area contributed by atoms with Gasteiger partial charge in [0.2, 0.25) is 0 Å². The van der Waals surface area contributed by atoms with E-state index in [2.05, 4.69) is 32.7 Å². The number of benzene rings is 2. The van der Waals surface area contributed by atoms with Crippen LogP contribution in [0.5, 0.6) is 0 Å². The number of nitrogens with one attached hydrogen (secondary N) is 1. The number of carbonyl (C=O) groups excluding carboxylic acids is 3. The van der Waals surface area contributed by atoms with Gasteiger partial charge in [0.1, 0.15) is 22.7 Å². The number of aromatic nitrogens is 2. The Bertz CT molecular complexity index is 1540. The first-order chi connectivity index (χ1) is 21.1. The average Bonchev–Trinajstić information content (AvgIpc) is 3.42. The Hall–Kier alpha value is -4.25. The summed E-state index contributed by atoms with van der Waals surface area (Å²) >= 11 is 1.52. The molecule has 1 aromatic heterocycles. The Labute approximate surface area is 261 Å². The minimum absolute atomic E-state index is 0.241. The van der Waals surface area contributed by atoms with Crippen molar-refractivity contribution in [2.45, 2.75) is 63.4 Å². The SMILES string of the molecule is CN1CCCn2c1cc[n+]2CC1=C(C(=O)OC(c2ccccc2)c2ccccc2)N2C(=O)[C@@H](NC(=O)OC(C)(C)C)[C@H]2SC1. The van der Waals surface area contributed by atoms with Gasteiger partial charge in [0.05, 0.1) is 12.6 Å². The zero-order valence-corrected chi connectivity index (χ0v) is 26.3. The van der Waals surface area contributed by atoms with E-state index in [1.807, 2.05) is 66.9 Å². The van der Waals surface area contributed by atoms with Crippen molar-refractivity contribution in [3.63, 3.8) is 0 Å². The molecule has 3 aliphatic rings. The molecule has 6 rings (SSSR count). The van der Waals surface area contributed by atoms with E-state index in [1.165, 1.54) is 16.7 Å². The first-order valence-electron chi connectivity index (χ1n) is 14.9. The molecular formula is C33H38N5O5S+. The molecule has 4 heterocycles. The predicted molar refractivity (Wildman–Crippen MR) is 167 cm³/mol. The van der Waals surface area contributed by atoms with Gasteiger partial charge in [-0.2, -0.15) is 0 Å². The third-order valence-electron chi connectivity index (χ3n) is 7.92. The summed E-state index contributed by atoms with van der Waals surface area (Å²) in [6.07, 6.45) is 1.70. The van der Waals surface area contributed by atoms with Crippen LogP contribution in [-0.4, -0.2) is 63.9 Å². The molecule has 44 heavy (non-hydrogen) atoms. The summed E-state index contributed by atoms with van der Waals surface area (Å²) in [4.78, 5) is 44.2. The van der Waals surface area contributed by atoms with Gasteiger partial charge in [0.15, 0.2) is 24.7 Å². The van der Waals surface area contributed by atoms with Crippen LogP contribution in [0.2, 0.25) is 0 Å². The van der Waals surface area contributed by atoms with Gasteiger partial charge in [0.25, 0.3) is 5.91 Å². The molecule has 3 aromatic rings. The fourth-order valence-corrected chi connectivity index (χ4v) is 7.23. The number of carbonyl (C=O) groups is 3. The summed E-state index contributed by atoms with van der Waals surface area (Å²) in [5, 5.41) is 2.26. The van der Waals surface area contributed by atoms with Crippen molar-refractivity contribution >= 4 is 35.5 Å². The maximum absolute atomic E-state index is 14.3. The van der Waals surface area contributed by atoms with E-state index in [9.17, 15) is 14.4 Å². The van der Waals surface area contributed by atoms with E-state index in [1.54, 1.807) is 20.8 Å². The molecule has 0 aliphatic carbocycles. The van der Waals surface area contributed by atoms with Gasteiger partial charge in [0, 0.05) is 24.9 Å². The van der Waals surface area contributed by atoms with Crippen LogP contribution in [-0.2, 0) is 32.2 Å². The molecule has 230 valence electrons. The number of esters is 1. The lowest BCUT2D eigenvalue weighted by atomic mass is 10.0. The second-order valence-corrected chi connectivity index (χ2v) is 13.4. The van der Waals surface area contributed by atoms with E-state index in [-0.39, 0.29) is 11.6 Å². The normalized spacial score (nSPS) is 19.7. The monoisotopic (exact) mass is 616 g/mol. The first kappa shape index (κ1) is 29.8. The number of β-lactam (4-membered cyclic amide) rings is 1. The van der Waals surface area contributed by atoms with Gasteiger partial charge in [-0.05, 0) is 38.3 Å². The molecule has 1 saturated heterocycles. The molecule has 0 radical (unpaired) electrons. The molecule has 0 saturated carbocycles. The second kappa shape index (κ2) is 12.0. The summed E-state index contributed by atoms with van der Waals surface area (Å²) < 4.78 is 16.0. The molecule has 0 unspecified atom stereocenters. The molecule has 2 aromatic carbocycles. The van der Waals surface area contributed by atoms with E-state index >= 15 is 0 Å². The number of amides is 2. The zero-order valence-electron chi connectivity index (χ0n) is 25.4. The Morgan fingerprint density at radius 1 is 1.02 bits per heavy atom. The van der Waals surface area contributed by atoms with Crippen LogP contribution in [0.1, 0.15) is 44.4 Å². The minimum Gasteiger partial charge on any atom is -0.448 e. The van der Waals surface area contributed by atoms with Crippen molar-refractivity contribution in [2.24, 2.45) is 0 Å². The van der Waals surface area contributed by atoms with Crippen molar-refractivity contribution in [2.75, 3.05) is 24.2 Å². The predicted octanol–water partition coefficient (Wildman–Crippen LogP) is 4.01. The Kier molecular flexibility index (Phi) is 8.15. The third kappa shape index (κ3) is 5.93. The molecule has 2 atom stereocenters. The summed E-state index contributed by atoms with van der Waals surface area (Å²) in [5.74, 6) is 0.665. The standard InChI is InChI=1S/C33H37N5O5S/c1-33(2,3)43-32(41)34-26-29(39)38-27(31(40)42-28(22-12-7-5-8-13-22)23-14-9-6-10-15-23)24(21-44-30(26)38)20-36-19-16-25-35(4)17-11-18-37(25)36/h5-10,12-16,19,26,28,30H,11,17-18,20-21H2,1-4H3/p+1/t26-,30-/m1/s1. The highest BCUT2D eigenvalue weighted by Crippen LogP contribution is 2.42. The largest absolute Gasteiger partial charge is 0.448 e. The number of fused-ring (bicyclic) bond motifs is 2. The molecule has 1 fully saturated rings. The van der Waals surface area contributed by atoms with Crippen LogP contribution in [0.3, 0.4) is 0 Å². The summed E-state index contributed by atoms with van der Waals surface area (Å²) in [7, 11) is 2.07. The lowest BCUT2D eigenvalue weighted by Gasteiger charge is -2.49. The summed E-state index contributed by atoms with van der Waals surface area (Å²) in [5.41, 5.74) is 1.98. The van der Waals surface area contributed by atoms with E-state index < -0.39 is 35.2 Å².